The minimum Gasteiger partial charge on any atom is -0.497 e. The van der Waals surface area contributed by atoms with Crippen molar-refractivity contribution in [3.8, 4) is 5.75 Å². The van der Waals surface area contributed by atoms with Gasteiger partial charge in [0.15, 0.2) is 5.96 Å². The fourth-order valence-electron chi connectivity index (χ4n) is 1.78. The largest absolute Gasteiger partial charge is 0.497 e. The zero-order valence-corrected chi connectivity index (χ0v) is 10.9. The lowest BCUT2D eigenvalue weighted by atomic mass is 10.1. The highest BCUT2D eigenvalue weighted by Gasteiger charge is 2.25. The van der Waals surface area contributed by atoms with Crippen LogP contribution in [0, 0.1) is 0 Å². The molecule has 86 valence electrons. The number of ether oxygens (including phenoxy) is 1. The van der Waals surface area contributed by atoms with Crippen molar-refractivity contribution in [3.05, 3.63) is 28.2 Å². The third-order valence-corrected chi connectivity index (χ3v) is 3.54. The molecule has 0 aliphatic carbocycles. The van der Waals surface area contributed by atoms with Gasteiger partial charge in [-0.25, -0.2) is 0 Å². The Hall–Kier alpha value is -1.23. The van der Waals surface area contributed by atoms with Gasteiger partial charge in [-0.15, -0.1) is 0 Å². The van der Waals surface area contributed by atoms with Crippen molar-refractivity contribution in [2.45, 2.75) is 6.04 Å². The Bertz CT molecular complexity index is 433. The van der Waals surface area contributed by atoms with Gasteiger partial charge in [0.2, 0.25) is 0 Å². The SMILES string of the molecule is COc1ccc(Br)c(C2CN=C(N)N2C)c1. The van der Waals surface area contributed by atoms with Crippen LogP contribution in [0.5, 0.6) is 5.75 Å². The summed E-state index contributed by atoms with van der Waals surface area (Å²) in [6.45, 7) is 0.689. The van der Waals surface area contributed by atoms with E-state index in [9.17, 15) is 0 Å². The molecule has 1 aliphatic rings. The molecule has 1 heterocycles. The van der Waals surface area contributed by atoms with Gasteiger partial charge in [0.05, 0.1) is 19.7 Å². The van der Waals surface area contributed by atoms with E-state index in [1.807, 2.05) is 30.1 Å². The number of benzene rings is 1. The molecule has 1 aliphatic heterocycles. The lowest BCUT2D eigenvalue weighted by Gasteiger charge is -2.23. The van der Waals surface area contributed by atoms with Gasteiger partial charge < -0.3 is 15.4 Å². The number of halogens is 1. The van der Waals surface area contributed by atoms with E-state index in [4.69, 9.17) is 10.5 Å². The van der Waals surface area contributed by atoms with Gasteiger partial charge in [0.1, 0.15) is 5.75 Å². The summed E-state index contributed by atoms with van der Waals surface area (Å²) in [5, 5.41) is 0. The van der Waals surface area contributed by atoms with Gasteiger partial charge in [-0.2, -0.15) is 0 Å². The van der Waals surface area contributed by atoms with Gasteiger partial charge in [-0.05, 0) is 23.8 Å². The van der Waals surface area contributed by atoms with Gasteiger partial charge in [0, 0.05) is 11.5 Å². The zero-order chi connectivity index (χ0) is 11.7. The molecular formula is C11H14BrN3O. The summed E-state index contributed by atoms with van der Waals surface area (Å²) in [7, 11) is 3.61. The highest BCUT2D eigenvalue weighted by atomic mass is 79.9. The second kappa shape index (κ2) is 4.33. The molecule has 2 N–H and O–H groups in total. The predicted molar refractivity (Wildman–Crippen MR) is 67.7 cm³/mol. The second-order valence-corrected chi connectivity index (χ2v) is 4.57. The molecule has 1 aromatic carbocycles. The second-order valence-electron chi connectivity index (χ2n) is 3.71. The van der Waals surface area contributed by atoms with Crippen LogP contribution in [0.4, 0.5) is 0 Å². The van der Waals surface area contributed by atoms with Crippen LogP contribution in [-0.4, -0.2) is 31.6 Å². The first-order valence-corrected chi connectivity index (χ1v) is 5.79. The first-order chi connectivity index (χ1) is 7.63. The number of aliphatic imine (C=N–C) groups is 1. The van der Waals surface area contributed by atoms with Crippen molar-refractivity contribution in [3.63, 3.8) is 0 Å². The van der Waals surface area contributed by atoms with Crippen molar-refractivity contribution >= 4 is 21.9 Å². The summed E-state index contributed by atoms with van der Waals surface area (Å²) in [6.07, 6.45) is 0. The number of nitrogens with zero attached hydrogens (tertiary/aromatic N) is 2. The number of hydrogen-bond donors (Lipinski definition) is 1. The topological polar surface area (TPSA) is 50.9 Å². The normalized spacial score (nSPS) is 19.8. The maximum absolute atomic E-state index is 5.76. The van der Waals surface area contributed by atoms with Crippen LogP contribution in [-0.2, 0) is 0 Å². The smallest absolute Gasteiger partial charge is 0.191 e. The van der Waals surface area contributed by atoms with E-state index in [2.05, 4.69) is 20.9 Å². The quantitative estimate of drug-likeness (QED) is 0.900. The van der Waals surface area contributed by atoms with Gasteiger partial charge in [-0.1, -0.05) is 15.9 Å². The van der Waals surface area contributed by atoms with E-state index in [1.165, 1.54) is 0 Å². The Morgan fingerprint density at radius 1 is 1.56 bits per heavy atom. The molecule has 5 heteroatoms. The maximum atomic E-state index is 5.76. The Balaban J connectivity index is 2.34. The lowest BCUT2D eigenvalue weighted by molar-refractivity contribution is 0.399. The molecule has 0 radical (unpaired) electrons. The van der Waals surface area contributed by atoms with Crippen molar-refractivity contribution in [1.82, 2.24) is 4.90 Å². The molecule has 0 fully saturated rings. The van der Waals surface area contributed by atoms with E-state index in [1.54, 1.807) is 7.11 Å². The van der Waals surface area contributed by atoms with Gasteiger partial charge in [0.25, 0.3) is 0 Å². The molecule has 1 atom stereocenters. The highest BCUT2D eigenvalue weighted by Crippen LogP contribution is 2.32. The van der Waals surface area contributed by atoms with Crippen molar-refractivity contribution < 1.29 is 4.74 Å². The summed E-state index contributed by atoms with van der Waals surface area (Å²) in [4.78, 5) is 6.20. The van der Waals surface area contributed by atoms with Crippen molar-refractivity contribution in [1.29, 1.82) is 0 Å². The molecule has 0 bridgehead atoms. The Morgan fingerprint density at radius 3 is 2.88 bits per heavy atom. The lowest BCUT2D eigenvalue weighted by Crippen LogP contribution is -2.32. The van der Waals surface area contributed by atoms with Crippen molar-refractivity contribution in [2.24, 2.45) is 10.7 Å². The minimum atomic E-state index is 0.185. The molecule has 1 aromatic rings. The molecule has 1 unspecified atom stereocenters. The van der Waals surface area contributed by atoms with E-state index in [0.717, 1.165) is 15.8 Å². The van der Waals surface area contributed by atoms with E-state index >= 15 is 0 Å². The number of hydrogen-bond acceptors (Lipinski definition) is 4. The first-order valence-electron chi connectivity index (χ1n) is 4.99. The van der Waals surface area contributed by atoms with Crippen LogP contribution >= 0.6 is 15.9 Å². The van der Waals surface area contributed by atoms with Gasteiger partial charge >= 0.3 is 0 Å². The van der Waals surface area contributed by atoms with Crippen LogP contribution in [0.15, 0.2) is 27.7 Å². The summed E-state index contributed by atoms with van der Waals surface area (Å²) in [5.41, 5.74) is 6.90. The maximum Gasteiger partial charge on any atom is 0.191 e. The van der Waals surface area contributed by atoms with Crippen LogP contribution in [0.2, 0.25) is 0 Å². The Labute approximate surface area is 103 Å². The van der Waals surface area contributed by atoms with Crippen LogP contribution in [0.25, 0.3) is 0 Å². The number of nitrogens with two attached hydrogens (primary N) is 1. The highest BCUT2D eigenvalue weighted by molar-refractivity contribution is 9.10. The average Bonchev–Trinajstić information content (AvgIpc) is 2.61. The molecule has 0 spiro atoms. The molecule has 0 saturated heterocycles. The molecular weight excluding hydrogens is 270 g/mol. The molecule has 16 heavy (non-hydrogen) atoms. The van der Waals surface area contributed by atoms with Crippen LogP contribution in [0.1, 0.15) is 11.6 Å². The van der Waals surface area contributed by atoms with Gasteiger partial charge in [-0.3, -0.25) is 4.99 Å². The summed E-state index contributed by atoms with van der Waals surface area (Å²) in [5.74, 6) is 1.43. The molecule has 4 nitrogen and oxygen atoms in total. The average molecular weight is 284 g/mol. The van der Waals surface area contributed by atoms with E-state index < -0.39 is 0 Å². The zero-order valence-electron chi connectivity index (χ0n) is 9.27. The monoisotopic (exact) mass is 283 g/mol. The predicted octanol–water partition coefficient (Wildman–Crippen LogP) is 1.76. The third-order valence-electron chi connectivity index (χ3n) is 2.82. The summed E-state index contributed by atoms with van der Waals surface area (Å²) < 4.78 is 6.27. The first kappa shape index (κ1) is 11.3. The number of methoxy groups -OCH3 is 1. The number of likely N-dealkylation sites (N-methyl/N-ethyl adjacent to an activating group) is 1. The molecule has 0 amide bonds. The number of rotatable bonds is 2. The molecule has 0 aromatic heterocycles. The standard InChI is InChI=1S/C11H14BrN3O/c1-15-10(6-14-11(15)13)8-5-7(16-2)3-4-9(8)12/h3-5,10H,6H2,1-2H3,(H2,13,14). The summed E-state index contributed by atoms with van der Waals surface area (Å²) >= 11 is 3.54. The van der Waals surface area contributed by atoms with E-state index in [0.29, 0.717) is 12.5 Å². The third kappa shape index (κ3) is 1.87. The minimum absolute atomic E-state index is 0.185. The number of guanidine groups is 1. The fraction of sp³-hybridized carbons (Fsp3) is 0.364. The van der Waals surface area contributed by atoms with Crippen molar-refractivity contribution in [2.75, 3.05) is 20.7 Å². The molecule has 0 saturated carbocycles. The Kier molecular flexibility index (Phi) is 3.05. The van der Waals surface area contributed by atoms with E-state index in [-0.39, 0.29) is 6.04 Å². The van der Waals surface area contributed by atoms with Crippen LogP contribution in [0.3, 0.4) is 0 Å². The fourth-order valence-corrected chi connectivity index (χ4v) is 2.30. The molecule has 2 rings (SSSR count). The Morgan fingerprint density at radius 2 is 2.31 bits per heavy atom. The van der Waals surface area contributed by atoms with Crippen LogP contribution < -0.4 is 10.5 Å². The summed E-state index contributed by atoms with van der Waals surface area (Å²) in [6, 6.07) is 6.10.